The molecule has 0 radical (unpaired) electrons. The lowest BCUT2D eigenvalue weighted by molar-refractivity contribution is -0.123. The number of aromatic nitrogens is 1. The van der Waals surface area contributed by atoms with Crippen LogP contribution in [0.5, 0.6) is 0 Å². The lowest BCUT2D eigenvalue weighted by atomic mass is 10.1. The maximum atomic E-state index is 10.9. The van der Waals surface area contributed by atoms with E-state index in [1.807, 2.05) is 0 Å². The van der Waals surface area contributed by atoms with Crippen molar-refractivity contribution >= 4 is 17.2 Å². The smallest absolute Gasteiger partial charge is 0.237 e. The SMILES string of the molecule is CC(C)(NCc1cncs1)C(N)=O. The lowest BCUT2D eigenvalue weighted by Crippen LogP contribution is -2.50. The number of nitrogens with one attached hydrogen (secondary N) is 1. The van der Waals surface area contributed by atoms with Gasteiger partial charge in [-0.05, 0) is 13.8 Å². The van der Waals surface area contributed by atoms with Crippen LogP contribution >= 0.6 is 11.3 Å². The van der Waals surface area contributed by atoms with Crippen molar-refractivity contribution in [1.29, 1.82) is 0 Å². The van der Waals surface area contributed by atoms with Crippen LogP contribution in [-0.4, -0.2) is 16.4 Å². The molecule has 13 heavy (non-hydrogen) atoms. The van der Waals surface area contributed by atoms with Crippen molar-refractivity contribution in [2.24, 2.45) is 5.73 Å². The Balaban J connectivity index is 2.47. The van der Waals surface area contributed by atoms with E-state index in [0.717, 1.165) is 4.88 Å². The molecule has 72 valence electrons. The zero-order valence-corrected chi connectivity index (χ0v) is 8.52. The first kappa shape index (κ1) is 10.1. The Hall–Kier alpha value is -0.940. The van der Waals surface area contributed by atoms with Crippen molar-refractivity contribution < 1.29 is 4.79 Å². The summed E-state index contributed by atoms with van der Waals surface area (Å²) in [6.07, 6.45) is 1.77. The maximum Gasteiger partial charge on any atom is 0.237 e. The lowest BCUT2D eigenvalue weighted by Gasteiger charge is -2.21. The molecule has 0 fully saturated rings. The van der Waals surface area contributed by atoms with E-state index >= 15 is 0 Å². The topological polar surface area (TPSA) is 68.0 Å². The minimum atomic E-state index is -0.663. The molecular weight excluding hydrogens is 186 g/mol. The van der Waals surface area contributed by atoms with Gasteiger partial charge in [-0.2, -0.15) is 0 Å². The van der Waals surface area contributed by atoms with Gasteiger partial charge in [0, 0.05) is 17.6 Å². The van der Waals surface area contributed by atoms with Crippen LogP contribution in [0.15, 0.2) is 11.7 Å². The molecule has 1 amide bonds. The van der Waals surface area contributed by atoms with Crippen LogP contribution < -0.4 is 11.1 Å². The number of nitrogens with zero attached hydrogens (tertiary/aromatic N) is 1. The highest BCUT2D eigenvalue weighted by Crippen LogP contribution is 2.08. The molecule has 0 unspecified atom stereocenters. The average molecular weight is 199 g/mol. The molecule has 1 rings (SSSR count). The standard InChI is InChI=1S/C8H13N3OS/c1-8(2,7(9)12)11-4-6-3-10-5-13-6/h3,5,11H,4H2,1-2H3,(H2,9,12). The fourth-order valence-electron chi connectivity index (χ4n) is 0.725. The van der Waals surface area contributed by atoms with Crippen molar-refractivity contribution in [3.63, 3.8) is 0 Å². The summed E-state index contributed by atoms with van der Waals surface area (Å²) in [7, 11) is 0. The Bertz CT molecular complexity index is 282. The second kappa shape index (κ2) is 3.85. The van der Waals surface area contributed by atoms with E-state index in [9.17, 15) is 4.79 Å². The van der Waals surface area contributed by atoms with Crippen molar-refractivity contribution in [2.75, 3.05) is 0 Å². The van der Waals surface area contributed by atoms with Gasteiger partial charge < -0.3 is 5.73 Å². The summed E-state index contributed by atoms with van der Waals surface area (Å²) in [6, 6.07) is 0. The van der Waals surface area contributed by atoms with Gasteiger partial charge in [0.25, 0.3) is 0 Å². The predicted molar refractivity (Wildman–Crippen MR) is 52.2 cm³/mol. The Morgan fingerprint density at radius 1 is 1.77 bits per heavy atom. The third kappa shape index (κ3) is 2.78. The van der Waals surface area contributed by atoms with E-state index in [0.29, 0.717) is 6.54 Å². The van der Waals surface area contributed by atoms with E-state index in [2.05, 4.69) is 10.3 Å². The molecule has 0 bridgehead atoms. The molecule has 1 aromatic rings. The Morgan fingerprint density at radius 3 is 2.92 bits per heavy atom. The highest BCUT2D eigenvalue weighted by atomic mass is 32.1. The predicted octanol–water partition coefficient (Wildman–Crippen LogP) is 0.497. The van der Waals surface area contributed by atoms with E-state index < -0.39 is 5.54 Å². The quantitative estimate of drug-likeness (QED) is 0.742. The molecule has 0 aliphatic rings. The molecular formula is C8H13N3OS. The number of carbonyl (C=O) groups is 1. The monoisotopic (exact) mass is 199 g/mol. The number of hydrogen-bond donors (Lipinski definition) is 2. The zero-order chi connectivity index (χ0) is 9.90. The van der Waals surface area contributed by atoms with Gasteiger partial charge in [0.15, 0.2) is 0 Å². The summed E-state index contributed by atoms with van der Waals surface area (Å²) in [4.78, 5) is 16.0. The van der Waals surface area contributed by atoms with Gasteiger partial charge in [-0.15, -0.1) is 11.3 Å². The number of rotatable bonds is 4. The summed E-state index contributed by atoms with van der Waals surface area (Å²) in [6.45, 7) is 4.15. The summed E-state index contributed by atoms with van der Waals surface area (Å²) >= 11 is 1.55. The minimum Gasteiger partial charge on any atom is -0.368 e. The van der Waals surface area contributed by atoms with Crippen molar-refractivity contribution in [3.8, 4) is 0 Å². The average Bonchev–Trinajstić information content (AvgIpc) is 2.52. The Morgan fingerprint density at radius 2 is 2.46 bits per heavy atom. The molecule has 0 atom stereocenters. The van der Waals surface area contributed by atoms with Crippen molar-refractivity contribution in [3.05, 3.63) is 16.6 Å². The van der Waals surface area contributed by atoms with Gasteiger partial charge in [-0.25, -0.2) is 0 Å². The van der Waals surface area contributed by atoms with Crippen LogP contribution in [0.4, 0.5) is 0 Å². The van der Waals surface area contributed by atoms with E-state index in [4.69, 9.17) is 5.73 Å². The number of amides is 1. The van der Waals surface area contributed by atoms with Gasteiger partial charge in [0.1, 0.15) is 0 Å². The molecule has 4 nitrogen and oxygen atoms in total. The maximum absolute atomic E-state index is 10.9. The second-order valence-corrected chi connectivity index (χ2v) is 4.28. The van der Waals surface area contributed by atoms with Gasteiger partial charge in [-0.3, -0.25) is 15.1 Å². The minimum absolute atomic E-state index is 0.350. The fourth-order valence-corrected chi connectivity index (χ4v) is 1.26. The third-order valence-electron chi connectivity index (χ3n) is 1.80. The molecule has 0 saturated carbocycles. The van der Waals surface area contributed by atoms with Crippen LogP contribution in [0.25, 0.3) is 0 Å². The number of hydrogen-bond acceptors (Lipinski definition) is 4. The largest absolute Gasteiger partial charge is 0.368 e. The normalized spacial score (nSPS) is 11.5. The first-order valence-corrected chi connectivity index (χ1v) is 4.82. The highest BCUT2D eigenvalue weighted by molar-refractivity contribution is 7.09. The molecule has 0 saturated heterocycles. The van der Waals surface area contributed by atoms with Crippen LogP contribution in [-0.2, 0) is 11.3 Å². The van der Waals surface area contributed by atoms with Gasteiger partial charge in [0.05, 0.1) is 11.0 Å². The molecule has 0 aliphatic heterocycles. The number of nitrogens with two attached hydrogens (primary N) is 1. The summed E-state index contributed by atoms with van der Waals surface area (Å²) in [5.74, 6) is -0.350. The molecule has 0 aliphatic carbocycles. The summed E-state index contributed by atoms with van der Waals surface area (Å²) in [5.41, 5.74) is 6.29. The third-order valence-corrected chi connectivity index (χ3v) is 2.58. The van der Waals surface area contributed by atoms with E-state index in [1.54, 1.807) is 36.9 Å². The van der Waals surface area contributed by atoms with Gasteiger partial charge >= 0.3 is 0 Å². The zero-order valence-electron chi connectivity index (χ0n) is 7.70. The van der Waals surface area contributed by atoms with Crippen molar-refractivity contribution in [1.82, 2.24) is 10.3 Å². The molecule has 5 heteroatoms. The Kier molecular flexibility index (Phi) is 3.00. The summed E-state index contributed by atoms with van der Waals surface area (Å²) in [5, 5.41) is 3.06. The second-order valence-electron chi connectivity index (χ2n) is 3.31. The van der Waals surface area contributed by atoms with Crippen molar-refractivity contribution in [2.45, 2.75) is 25.9 Å². The van der Waals surface area contributed by atoms with Gasteiger partial charge in [0.2, 0.25) is 5.91 Å². The molecule has 0 spiro atoms. The van der Waals surface area contributed by atoms with Crippen LogP contribution in [0.3, 0.4) is 0 Å². The van der Waals surface area contributed by atoms with E-state index in [-0.39, 0.29) is 5.91 Å². The van der Waals surface area contributed by atoms with E-state index in [1.165, 1.54) is 0 Å². The number of thiazole rings is 1. The first-order valence-electron chi connectivity index (χ1n) is 3.94. The molecule has 1 aromatic heterocycles. The van der Waals surface area contributed by atoms with Crippen LogP contribution in [0.2, 0.25) is 0 Å². The number of primary amides is 1. The first-order chi connectivity index (χ1) is 6.02. The highest BCUT2D eigenvalue weighted by Gasteiger charge is 2.23. The fraction of sp³-hybridized carbons (Fsp3) is 0.500. The Labute approximate surface area is 81.2 Å². The molecule has 1 heterocycles. The molecule has 3 N–H and O–H groups in total. The van der Waals surface area contributed by atoms with Crippen LogP contribution in [0, 0.1) is 0 Å². The number of carbonyl (C=O) groups excluding carboxylic acids is 1. The van der Waals surface area contributed by atoms with Gasteiger partial charge in [-0.1, -0.05) is 0 Å². The molecule has 0 aromatic carbocycles. The van der Waals surface area contributed by atoms with Crippen LogP contribution in [0.1, 0.15) is 18.7 Å². The summed E-state index contributed by atoms with van der Waals surface area (Å²) < 4.78 is 0.